The second-order valence-electron chi connectivity index (χ2n) is 4.47. The summed E-state index contributed by atoms with van der Waals surface area (Å²) in [6.07, 6.45) is 1.36. The van der Waals surface area contributed by atoms with E-state index in [1.54, 1.807) is 17.5 Å². The second kappa shape index (κ2) is 6.99. The number of nitrogens with one attached hydrogen (secondary N) is 2. The van der Waals surface area contributed by atoms with Gasteiger partial charge in [0.1, 0.15) is 0 Å². The Morgan fingerprint density at radius 1 is 1.24 bits per heavy atom. The van der Waals surface area contributed by atoms with Crippen LogP contribution in [0.25, 0.3) is 0 Å². The van der Waals surface area contributed by atoms with Crippen molar-refractivity contribution in [1.82, 2.24) is 9.71 Å². The van der Waals surface area contributed by atoms with E-state index in [0.29, 0.717) is 18.5 Å². The van der Waals surface area contributed by atoms with Crippen molar-refractivity contribution >= 4 is 21.4 Å². The van der Waals surface area contributed by atoms with Gasteiger partial charge in [0.25, 0.3) is 0 Å². The van der Waals surface area contributed by atoms with Crippen molar-refractivity contribution in [2.45, 2.75) is 24.3 Å². The molecule has 0 atom stereocenters. The molecule has 2 aromatic rings. The Hall–Kier alpha value is -1.48. The molecule has 0 aliphatic carbocycles. The van der Waals surface area contributed by atoms with Crippen LogP contribution in [-0.2, 0) is 23.0 Å². The van der Waals surface area contributed by atoms with Gasteiger partial charge < -0.3 is 10.1 Å². The number of aromatic amines is 1. The van der Waals surface area contributed by atoms with Gasteiger partial charge in [-0.2, -0.15) is 0 Å². The first-order valence-electron chi connectivity index (χ1n) is 6.37. The first-order chi connectivity index (χ1) is 10.0. The minimum atomic E-state index is -3.60. The fourth-order valence-corrected chi connectivity index (χ4v) is 3.36. The highest BCUT2D eigenvalue weighted by Gasteiger charge is 2.13. The molecule has 6 nitrogen and oxygen atoms in total. The molecule has 0 spiro atoms. The highest BCUT2D eigenvalue weighted by molar-refractivity contribution is 7.89. The van der Waals surface area contributed by atoms with Crippen LogP contribution in [0.1, 0.15) is 17.7 Å². The van der Waals surface area contributed by atoms with E-state index in [-0.39, 0.29) is 22.9 Å². The van der Waals surface area contributed by atoms with Crippen molar-refractivity contribution in [3.8, 4) is 0 Å². The molecule has 0 aliphatic rings. The van der Waals surface area contributed by atoms with Crippen LogP contribution >= 0.6 is 11.3 Å². The van der Waals surface area contributed by atoms with Crippen LogP contribution in [0, 0.1) is 0 Å². The van der Waals surface area contributed by atoms with Crippen molar-refractivity contribution < 1.29 is 13.5 Å². The standard InChI is InChI=1S/C13H16N2O4S2/c16-7-1-2-10-3-5-12(6-4-10)21(18,19)14-8-11-9-20-13(17)15-11/h3-6,9,14,16H,1-2,7-8H2,(H,15,17). The highest BCUT2D eigenvalue weighted by Crippen LogP contribution is 2.12. The molecule has 1 heterocycles. The summed E-state index contributed by atoms with van der Waals surface area (Å²) in [7, 11) is -3.60. The van der Waals surface area contributed by atoms with Crippen molar-refractivity contribution in [3.63, 3.8) is 0 Å². The highest BCUT2D eigenvalue weighted by atomic mass is 32.2. The summed E-state index contributed by atoms with van der Waals surface area (Å²) in [6, 6.07) is 6.53. The fraction of sp³-hybridized carbons (Fsp3) is 0.308. The Labute approximate surface area is 126 Å². The summed E-state index contributed by atoms with van der Waals surface area (Å²) in [5, 5.41) is 10.3. The molecule has 0 radical (unpaired) electrons. The van der Waals surface area contributed by atoms with Gasteiger partial charge in [-0.05, 0) is 30.5 Å². The number of H-pyrrole nitrogens is 1. The molecule has 0 saturated heterocycles. The Morgan fingerprint density at radius 2 is 1.95 bits per heavy atom. The molecule has 1 aromatic heterocycles. The molecule has 1 aromatic carbocycles. The predicted octanol–water partition coefficient (Wildman–Crippen LogP) is 0.840. The maximum Gasteiger partial charge on any atom is 0.304 e. The molecule has 21 heavy (non-hydrogen) atoms. The summed E-state index contributed by atoms with van der Waals surface area (Å²) in [4.78, 5) is 13.5. The number of rotatable bonds is 7. The van der Waals surface area contributed by atoms with E-state index < -0.39 is 10.0 Å². The van der Waals surface area contributed by atoms with E-state index in [1.165, 1.54) is 12.1 Å². The summed E-state index contributed by atoms with van der Waals surface area (Å²) < 4.78 is 26.6. The van der Waals surface area contributed by atoms with E-state index in [4.69, 9.17) is 5.11 Å². The van der Waals surface area contributed by atoms with E-state index in [2.05, 4.69) is 9.71 Å². The lowest BCUT2D eigenvalue weighted by atomic mass is 10.1. The van der Waals surface area contributed by atoms with E-state index >= 15 is 0 Å². The van der Waals surface area contributed by atoms with Gasteiger partial charge in [-0.15, -0.1) is 0 Å². The van der Waals surface area contributed by atoms with Gasteiger partial charge in [0.15, 0.2) is 0 Å². The molecule has 0 amide bonds. The van der Waals surface area contributed by atoms with Gasteiger partial charge in [-0.25, -0.2) is 13.1 Å². The smallest absolute Gasteiger partial charge is 0.304 e. The maximum atomic E-state index is 12.1. The van der Waals surface area contributed by atoms with Gasteiger partial charge in [0.05, 0.1) is 11.4 Å². The van der Waals surface area contributed by atoms with Gasteiger partial charge >= 0.3 is 4.87 Å². The minimum absolute atomic E-state index is 0.0489. The topological polar surface area (TPSA) is 99.3 Å². The average molecular weight is 328 g/mol. The zero-order valence-electron chi connectivity index (χ0n) is 11.2. The number of aryl methyl sites for hydroxylation is 1. The van der Waals surface area contributed by atoms with Crippen molar-refractivity contribution in [3.05, 3.63) is 50.6 Å². The Kier molecular flexibility index (Phi) is 5.29. The third kappa shape index (κ3) is 4.50. The second-order valence-corrected chi connectivity index (χ2v) is 7.08. The molecular formula is C13H16N2O4S2. The lowest BCUT2D eigenvalue weighted by molar-refractivity contribution is 0.288. The van der Waals surface area contributed by atoms with Gasteiger partial charge in [0, 0.05) is 17.7 Å². The number of benzene rings is 1. The van der Waals surface area contributed by atoms with E-state index in [0.717, 1.165) is 16.9 Å². The largest absolute Gasteiger partial charge is 0.396 e. The first kappa shape index (κ1) is 15.9. The fourth-order valence-electron chi connectivity index (χ4n) is 1.78. The molecule has 0 fully saturated rings. The summed E-state index contributed by atoms with van der Waals surface area (Å²) >= 11 is 0.994. The number of hydrogen-bond donors (Lipinski definition) is 3. The first-order valence-corrected chi connectivity index (χ1v) is 8.74. The van der Waals surface area contributed by atoms with Gasteiger partial charge in [-0.1, -0.05) is 23.5 Å². The molecule has 0 aliphatic heterocycles. The number of aliphatic hydroxyl groups is 1. The quantitative estimate of drug-likeness (QED) is 0.701. The minimum Gasteiger partial charge on any atom is -0.396 e. The van der Waals surface area contributed by atoms with Crippen LogP contribution in [-0.4, -0.2) is 25.1 Å². The molecular weight excluding hydrogens is 312 g/mol. The molecule has 2 rings (SSSR count). The molecule has 8 heteroatoms. The molecule has 114 valence electrons. The SMILES string of the molecule is O=c1[nH]c(CNS(=O)(=O)c2ccc(CCCO)cc2)cs1. The van der Waals surface area contributed by atoms with Crippen LogP contribution < -0.4 is 9.60 Å². The van der Waals surface area contributed by atoms with Crippen LogP contribution in [0.5, 0.6) is 0 Å². The van der Waals surface area contributed by atoms with Crippen molar-refractivity contribution in [2.24, 2.45) is 0 Å². The Morgan fingerprint density at radius 3 is 2.52 bits per heavy atom. The summed E-state index contributed by atoms with van der Waals surface area (Å²) in [5.41, 5.74) is 1.51. The van der Waals surface area contributed by atoms with Gasteiger partial charge in [0.2, 0.25) is 10.0 Å². The molecule has 0 bridgehead atoms. The molecule has 3 N–H and O–H groups in total. The number of aromatic nitrogens is 1. The van der Waals surface area contributed by atoms with Crippen LogP contribution in [0.3, 0.4) is 0 Å². The van der Waals surface area contributed by atoms with E-state index in [9.17, 15) is 13.2 Å². The summed E-state index contributed by atoms with van der Waals surface area (Å²) in [5.74, 6) is 0. The zero-order valence-corrected chi connectivity index (χ0v) is 12.8. The van der Waals surface area contributed by atoms with Crippen molar-refractivity contribution in [1.29, 1.82) is 0 Å². The normalized spacial score (nSPS) is 11.7. The number of hydrogen-bond acceptors (Lipinski definition) is 5. The Balaban J connectivity index is 2.03. The number of sulfonamides is 1. The maximum absolute atomic E-state index is 12.1. The van der Waals surface area contributed by atoms with Crippen molar-refractivity contribution in [2.75, 3.05) is 6.61 Å². The molecule has 0 saturated carbocycles. The third-order valence-corrected chi connectivity index (χ3v) is 5.02. The molecule has 0 unspecified atom stereocenters. The predicted molar refractivity (Wildman–Crippen MR) is 80.8 cm³/mol. The van der Waals surface area contributed by atoms with Crippen LogP contribution in [0.15, 0.2) is 39.3 Å². The van der Waals surface area contributed by atoms with E-state index in [1.807, 2.05) is 0 Å². The monoisotopic (exact) mass is 328 g/mol. The Bertz CT molecular complexity index is 732. The lowest BCUT2D eigenvalue weighted by Crippen LogP contribution is -2.23. The van der Waals surface area contributed by atoms with Crippen LogP contribution in [0.2, 0.25) is 0 Å². The average Bonchev–Trinajstić information content (AvgIpc) is 2.89. The lowest BCUT2D eigenvalue weighted by Gasteiger charge is -2.06. The number of aliphatic hydroxyl groups excluding tert-OH is 1. The number of thiazole rings is 1. The summed E-state index contributed by atoms with van der Waals surface area (Å²) in [6.45, 7) is 0.161. The zero-order chi connectivity index (χ0) is 15.3. The third-order valence-electron chi connectivity index (χ3n) is 2.88. The van der Waals surface area contributed by atoms with Crippen LogP contribution in [0.4, 0.5) is 0 Å². The van der Waals surface area contributed by atoms with Gasteiger partial charge in [-0.3, -0.25) is 4.79 Å².